The summed E-state index contributed by atoms with van der Waals surface area (Å²) >= 11 is 0. The summed E-state index contributed by atoms with van der Waals surface area (Å²) < 4.78 is 0. The molecule has 0 aromatic heterocycles. The van der Waals surface area contributed by atoms with Gasteiger partial charge in [0.1, 0.15) is 0 Å². The van der Waals surface area contributed by atoms with Crippen LogP contribution in [0.4, 0.5) is 0 Å². The Morgan fingerprint density at radius 2 is 1.94 bits per heavy atom. The monoisotopic (exact) mass is 212 g/mol. The van der Waals surface area contributed by atoms with Gasteiger partial charge in [-0.3, -0.25) is 0 Å². The summed E-state index contributed by atoms with van der Waals surface area (Å²) in [4.78, 5) is 0. The zero-order valence-electron chi connectivity index (χ0n) is 10.2. The van der Waals surface area contributed by atoms with E-state index in [2.05, 4.69) is 62.4 Å². The molecule has 0 fully saturated rings. The van der Waals surface area contributed by atoms with Crippen LogP contribution in [-0.2, 0) is 0 Å². The molecule has 0 radical (unpaired) electrons. The Morgan fingerprint density at radius 1 is 1.19 bits per heavy atom. The van der Waals surface area contributed by atoms with Crippen LogP contribution in [0.25, 0.3) is 0 Å². The highest BCUT2D eigenvalue weighted by Crippen LogP contribution is 2.28. The van der Waals surface area contributed by atoms with Crippen LogP contribution < -0.4 is 0 Å². The van der Waals surface area contributed by atoms with Crippen molar-refractivity contribution in [3.05, 3.63) is 59.7 Å². The molecule has 0 heteroatoms. The lowest BCUT2D eigenvalue weighted by molar-refractivity contribution is 0.643. The molecule has 1 atom stereocenters. The topological polar surface area (TPSA) is 0 Å². The van der Waals surface area contributed by atoms with E-state index in [1.54, 1.807) is 0 Å². The summed E-state index contributed by atoms with van der Waals surface area (Å²) in [5.74, 6) is 1.33. The minimum Gasteiger partial charge on any atom is -0.0804 e. The third-order valence-electron chi connectivity index (χ3n) is 3.05. The van der Waals surface area contributed by atoms with Crippen molar-refractivity contribution < 1.29 is 0 Å². The molecule has 0 bridgehead atoms. The van der Waals surface area contributed by atoms with E-state index < -0.39 is 0 Å². The molecule has 0 nitrogen and oxygen atoms in total. The van der Waals surface area contributed by atoms with E-state index in [0.29, 0.717) is 5.92 Å². The average Bonchev–Trinajstić information content (AvgIpc) is 2.30. The Balaban J connectivity index is 2.01. The summed E-state index contributed by atoms with van der Waals surface area (Å²) in [5, 5.41) is 0. The first-order valence-electron chi connectivity index (χ1n) is 6.18. The maximum atomic E-state index is 2.40. The Kier molecular flexibility index (Phi) is 3.61. The SMILES string of the molecule is CC(C)CC1=CCC(c2ccccc2)C=C1. The summed E-state index contributed by atoms with van der Waals surface area (Å²) in [6, 6.07) is 10.8. The first-order valence-corrected chi connectivity index (χ1v) is 6.18. The van der Waals surface area contributed by atoms with Crippen LogP contribution in [0.15, 0.2) is 54.1 Å². The number of allylic oxidation sites excluding steroid dienone is 4. The Hall–Kier alpha value is -1.30. The molecule has 0 saturated heterocycles. The fourth-order valence-electron chi connectivity index (χ4n) is 2.23. The molecule has 0 aliphatic heterocycles. The van der Waals surface area contributed by atoms with Gasteiger partial charge in [-0.05, 0) is 24.3 Å². The number of rotatable bonds is 3. The first-order chi connectivity index (χ1) is 7.75. The van der Waals surface area contributed by atoms with Gasteiger partial charge in [-0.2, -0.15) is 0 Å². The molecule has 2 rings (SSSR count). The van der Waals surface area contributed by atoms with Crippen molar-refractivity contribution in [2.24, 2.45) is 5.92 Å². The van der Waals surface area contributed by atoms with Gasteiger partial charge in [-0.25, -0.2) is 0 Å². The van der Waals surface area contributed by atoms with E-state index in [1.807, 2.05) is 0 Å². The predicted octanol–water partition coefficient (Wildman–Crippen LogP) is 4.70. The molecule has 1 aromatic carbocycles. The van der Waals surface area contributed by atoms with Crippen molar-refractivity contribution in [1.29, 1.82) is 0 Å². The van der Waals surface area contributed by atoms with Gasteiger partial charge in [0.25, 0.3) is 0 Å². The van der Waals surface area contributed by atoms with E-state index >= 15 is 0 Å². The highest BCUT2D eigenvalue weighted by Gasteiger charge is 2.10. The summed E-state index contributed by atoms with van der Waals surface area (Å²) in [6.45, 7) is 4.55. The molecule has 0 heterocycles. The van der Waals surface area contributed by atoms with Crippen LogP contribution in [-0.4, -0.2) is 0 Å². The van der Waals surface area contributed by atoms with Crippen LogP contribution in [0.5, 0.6) is 0 Å². The highest BCUT2D eigenvalue weighted by molar-refractivity contribution is 5.32. The van der Waals surface area contributed by atoms with E-state index in [0.717, 1.165) is 12.3 Å². The molecular formula is C16H20. The Bertz CT molecular complexity index is 382. The number of hydrogen-bond donors (Lipinski definition) is 0. The van der Waals surface area contributed by atoms with Gasteiger partial charge in [0.05, 0.1) is 0 Å². The summed E-state index contributed by atoms with van der Waals surface area (Å²) in [5.41, 5.74) is 2.93. The van der Waals surface area contributed by atoms with Crippen molar-refractivity contribution in [2.75, 3.05) is 0 Å². The molecule has 0 amide bonds. The van der Waals surface area contributed by atoms with Crippen LogP contribution in [0.2, 0.25) is 0 Å². The second-order valence-corrected chi connectivity index (χ2v) is 4.99. The zero-order valence-corrected chi connectivity index (χ0v) is 10.2. The second-order valence-electron chi connectivity index (χ2n) is 4.99. The van der Waals surface area contributed by atoms with Crippen LogP contribution >= 0.6 is 0 Å². The van der Waals surface area contributed by atoms with E-state index in [9.17, 15) is 0 Å². The smallest absolute Gasteiger partial charge is 0.00559 e. The molecular weight excluding hydrogens is 192 g/mol. The summed E-state index contributed by atoms with van der Waals surface area (Å²) in [6.07, 6.45) is 9.42. The van der Waals surface area contributed by atoms with Gasteiger partial charge < -0.3 is 0 Å². The van der Waals surface area contributed by atoms with Crippen molar-refractivity contribution in [2.45, 2.75) is 32.6 Å². The highest BCUT2D eigenvalue weighted by atomic mass is 14.2. The predicted molar refractivity (Wildman–Crippen MR) is 70.5 cm³/mol. The first kappa shape index (κ1) is 11.2. The number of benzene rings is 1. The molecule has 1 aromatic rings. The number of hydrogen-bond acceptors (Lipinski definition) is 0. The lowest BCUT2D eigenvalue weighted by atomic mass is 9.88. The van der Waals surface area contributed by atoms with Gasteiger partial charge >= 0.3 is 0 Å². The normalized spacial score (nSPS) is 19.9. The van der Waals surface area contributed by atoms with Crippen molar-refractivity contribution >= 4 is 0 Å². The van der Waals surface area contributed by atoms with E-state index in [4.69, 9.17) is 0 Å². The maximum absolute atomic E-state index is 2.40. The molecule has 1 aliphatic carbocycles. The lowest BCUT2D eigenvalue weighted by Crippen LogP contribution is -2.00. The average molecular weight is 212 g/mol. The Morgan fingerprint density at radius 3 is 2.50 bits per heavy atom. The van der Waals surface area contributed by atoms with Crippen LogP contribution in [0.3, 0.4) is 0 Å². The largest absolute Gasteiger partial charge is 0.0804 e. The van der Waals surface area contributed by atoms with Crippen molar-refractivity contribution in [1.82, 2.24) is 0 Å². The standard InChI is InChI=1S/C16H20/c1-13(2)12-14-8-10-16(11-9-14)15-6-4-3-5-7-15/h3-10,13,16H,11-12H2,1-2H3. The summed E-state index contributed by atoms with van der Waals surface area (Å²) in [7, 11) is 0. The quantitative estimate of drug-likeness (QED) is 0.681. The molecule has 0 N–H and O–H groups in total. The molecule has 0 saturated carbocycles. The van der Waals surface area contributed by atoms with Gasteiger partial charge in [-0.1, -0.05) is 68.0 Å². The fraction of sp³-hybridized carbons (Fsp3) is 0.375. The third kappa shape index (κ3) is 2.85. The van der Waals surface area contributed by atoms with E-state index in [1.165, 1.54) is 17.6 Å². The van der Waals surface area contributed by atoms with Crippen molar-refractivity contribution in [3.63, 3.8) is 0 Å². The third-order valence-corrected chi connectivity index (χ3v) is 3.05. The van der Waals surface area contributed by atoms with Crippen LogP contribution in [0.1, 0.15) is 38.2 Å². The second kappa shape index (κ2) is 5.16. The van der Waals surface area contributed by atoms with Gasteiger partial charge in [0, 0.05) is 5.92 Å². The minimum atomic E-state index is 0.581. The van der Waals surface area contributed by atoms with Crippen molar-refractivity contribution in [3.8, 4) is 0 Å². The molecule has 1 aliphatic rings. The van der Waals surface area contributed by atoms with Gasteiger partial charge in [0.2, 0.25) is 0 Å². The van der Waals surface area contributed by atoms with Crippen LogP contribution in [0, 0.1) is 5.92 Å². The molecule has 0 spiro atoms. The Labute approximate surface area is 98.7 Å². The molecule has 16 heavy (non-hydrogen) atoms. The van der Waals surface area contributed by atoms with E-state index in [-0.39, 0.29) is 0 Å². The molecule has 1 unspecified atom stereocenters. The fourth-order valence-corrected chi connectivity index (χ4v) is 2.23. The van der Waals surface area contributed by atoms with Gasteiger partial charge in [0.15, 0.2) is 0 Å². The molecule has 84 valence electrons. The minimum absolute atomic E-state index is 0.581. The maximum Gasteiger partial charge on any atom is 0.00559 e. The zero-order chi connectivity index (χ0) is 11.4. The van der Waals surface area contributed by atoms with Gasteiger partial charge in [-0.15, -0.1) is 0 Å². The lowest BCUT2D eigenvalue weighted by Gasteiger charge is -2.17.